The lowest BCUT2D eigenvalue weighted by Gasteiger charge is -2.12. The van der Waals surface area contributed by atoms with E-state index in [1.54, 1.807) is 55.6 Å². The van der Waals surface area contributed by atoms with Gasteiger partial charge in [-0.1, -0.05) is 35.9 Å². The first-order valence-corrected chi connectivity index (χ1v) is 11.6. The summed E-state index contributed by atoms with van der Waals surface area (Å²) < 4.78 is 34.8. The molecule has 0 unspecified atom stereocenters. The highest BCUT2D eigenvalue weighted by Gasteiger charge is 2.17. The average Bonchev–Trinajstić information content (AvgIpc) is 2.78. The van der Waals surface area contributed by atoms with E-state index in [1.807, 2.05) is 0 Å². The molecule has 0 fully saturated rings. The van der Waals surface area contributed by atoms with Crippen molar-refractivity contribution >= 4 is 27.5 Å². The molecule has 0 saturated carbocycles. The second-order valence-corrected chi connectivity index (χ2v) is 8.92. The third kappa shape index (κ3) is 5.59. The van der Waals surface area contributed by atoms with Crippen LogP contribution in [0.3, 0.4) is 0 Å². The Kier molecular flexibility index (Phi) is 7.40. The van der Waals surface area contributed by atoms with Gasteiger partial charge in [0.25, 0.3) is 5.91 Å². The lowest BCUT2D eigenvalue weighted by Crippen LogP contribution is -2.26. The Morgan fingerprint density at radius 1 is 1.00 bits per heavy atom. The van der Waals surface area contributed by atoms with E-state index in [9.17, 15) is 13.2 Å². The maximum Gasteiger partial charge on any atom is 0.255 e. The lowest BCUT2D eigenvalue weighted by atomic mass is 10.0. The lowest BCUT2D eigenvalue weighted by molar-refractivity contribution is 0.0951. The predicted molar refractivity (Wildman–Crippen MR) is 124 cm³/mol. The van der Waals surface area contributed by atoms with Crippen molar-refractivity contribution in [2.24, 2.45) is 5.14 Å². The number of nitrogens with two attached hydrogens (primary N) is 1. The van der Waals surface area contributed by atoms with Gasteiger partial charge in [0.05, 0.1) is 24.7 Å². The molecule has 0 atom stereocenters. The third-order valence-corrected chi connectivity index (χ3v) is 6.04. The third-order valence-electron chi connectivity index (χ3n) is 4.86. The Labute approximate surface area is 192 Å². The Morgan fingerprint density at radius 2 is 1.72 bits per heavy atom. The van der Waals surface area contributed by atoms with Crippen molar-refractivity contribution in [1.29, 1.82) is 0 Å². The number of nitrogens with one attached hydrogen (secondary N) is 1. The highest BCUT2D eigenvalue weighted by molar-refractivity contribution is 7.89. The molecule has 1 amide bonds. The molecular formula is C23H23ClN2O5S. The average molecular weight is 475 g/mol. The number of hydrogen-bond donors (Lipinski definition) is 2. The van der Waals surface area contributed by atoms with Crippen LogP contribution in [0, 0.1) is 0 Å². The van der Waals surface area contributed by atoms with Crippen molar-refractivity contribution in [2.45, 2.75) is 11.3 Å². The van der Waals surface area contributed by atoms with Gasteiger partial charge in [0.2, 0.25) is 10.0 Å². The van der Waals surface area contributed by atoms with Crippen LogP contribution < -0.4 is 19.9 Å². The highest BCUT2D eigenvalue weighted by Crippen LogP contribution is 2.29. The molecular weight excluding hydrogens is 452 g/mol. The number of carbonyl (C=O) groups excluding carboxylic acids is 1. The van der Waals surface area contributed by atoms with E-state index < -0.39 is 10.0 Å². The zero-order chi connectivity index (χ0) is 23.3. The minimum Gasteiger partial charge on any atom is -0.497 e. The fraction of sp³-hybridized carbons (Fsp3) is 0.174. The number of amides is 1. The van der Waals surface area contributed by atoms with E-state index >= 15 is 0 Å². The molecule has 168 valence electrons. The van der Waals surface area contributed by atoms with E-state index in [4.69, 9.17) is 26.2 Å². The molecule has 7 nitrogen and oxygen atoms in total. The number of ether oxygens (including phenoxy) is 2. The maximum absolute atomic E-state index is 12.5. The molecule has 3 rings (SSSR count). The number of benzene rings is 3. The molecule has 0 aromatic heterocycles. The van der Waals surface area contributed by atoms with Crippen LogP contribution in [-0.2, 0) is 16.4 Å². The van der Waals surface area contributed by atoms with Gasteiger partial charge in [-0.05, 0) is 53.9 Å². The Hall–Kier alpha value is -3.07. The van der Waals surface area contributed by atoms with Gasteiger partial charge in [-0.2, -0.15) is 0 Å². The van der Waals surface area contributed by atoms with Gasteiger partial charge in [0.15, 0.2) is 0 Å². The van der Waals surface area contributed by atoms with Gasteiger partial charge in [-0.15, -0.1) is 0 Å². The minimum absolute atomic E-state index is 0.0167. The van der Waals surface area contributed by atoms with Gasteiger partial charge < -0.3 is 14.8 Å². The van der Waals surface area contributed by atoms with Crippen molar-refractivity contribution in [3.05, 3.63) is 76.8 Å². The first kappa shape index (κ1) is 23.6. The predicted octanol–water partition coefficient (Wildman–Crippen LogP) is 3.64. The summed E-state index contributed by atoms with van der Waals surface area (Å²) in [6.45, 7) is 0.278. The molecule has 0 spiro atoms. The second-order valence-electron chi connectivity index (χ2n) is 6.95. The number of carbonyl (C=O) groups is 1. The largest absolute Gasteiger partial charge is 0.497 e. The van der Waals surface area contributed by atoms with Crippen LogP contribution in [0.25, 0.3) is 11.1 Å². The molecule has 3 N–H and O–H groups in total. The molecule has 3 aromatic rings. The Bertz CT molecular complexity index is 1230. The Morgan fingerprint density at radius 3 is 2.34 bits per heavy atom. The van der Waals surface area contributed by atoms with Crippen molar-refractivity contribution < 1.29 is 22.7 Å². The summed E-state index contributed by atoms with van der Waals surface area (Å²) in [4.78, 5) is 12.5. The minimum atomic E-state index is -3.97. The van der Waals surface area contributed by atoms with Gasteiger partial charge in [0, 0.05) is 17.1 Å². The van der Waals surface area contributed by atoms with Gasteiger partial charge in [0.1, 0.15) is 11.5 Å². The number of primary sulfonamides is 1. The first-order valence-electron chi connectivity index (χ1n) is 9.65. The van der Waals surface area contributed by atoms with Crippen LogP contribution in [0.4, 0.5) is 0 Å². The first-order chi connectivity index (χ1) is 15.2. The van der Waals surface area contributed by atoms with Crippen LogP contribution in [0.15, 0.2) is 65.6 Å². The number of sulfonamides is 1. The van der Waals surface area contributed by atoms with Crippen molar-refractivity contribution in [2.75, 3.05) is 20.8 Å². The van der Waals surface area contributed by atoms with Crippen molar-refractivity contribution in [3.63, 3.8) is 0 Å². The number of methoxy groups -OCH3 is 2. The van der Waals surface area contributed by atoms with E-state index in [2.05, 4.69) is 5.32 Å². The number of rotatable bonds is 8. The van der Waals surface area contributed by atoms with Crippen molar-refractivity contribution in [1.82, 2.24) is 5.32 Å². The van der Waals surface area contributed by atoms with E-state index in [0.717, 1.165) is 0 Å². The molecule has 3 aromatic carbocycles. The standard InChI is InChI=1S/C23H23ClN2O5S/c1-30-18-7-4-16(5-8-18)19-9-3-15(13-22(19)32(25,28)29)11-12-26-23(27)20-14-17(24)6-10-21(20)31-2/h3-10,13-14H,11-12H2,1-2H3,(H,26,27)(H2,25,28,29). The van der Waals surface area contributed by atoms with Crippen LogP contribution >= 0.6 is 11.6 Å². The van der Waals surface area contributed by atoms with E-state index in [-0.39, 0.29) is 17.3 Å². The van der Waals surface area contributed by atoms with Gasteiger partial charge >= 0.3 is 0 Å². The van der Waals surface area contributed by atoms with Crippen LogP contribution in [0.5, 0.6) is 11.5 Å². The molecule has 0 aliphatic rings. The quantitative estimate of drug-likeness (QED) is 0.518. The number of halogens is 1. The topological polar surface area (TPSA) is 108 Å². The molecule has 0 aliphatic heterocycles. The summed E-state index contributed by atoms with van der Waals surface area (Å²) in [6, 6.07) is 16.8. The molecule has 0 saturated heterocycles. The molecule has 0 bridgehead atoms. The fourth-order valence-electron chi connectivity index (χ4n) is 3.24. The smallest absolute Gasteiger partial charge is 0.255 e. The second kappa shape index (κ2) is 10.0. The number of hydrogen-bond acceptors (Lipinski definition) is 5. The summed E-state index contributed by atoms with van der Waals surface area (Å²) in [5, 5.41) is 8.68. The highest BCUT2D eigenvalue weighted by atomic mass is 35.5. The van der Waals surface area contributed by atoms with E-state index in [0.29, 0.717) is 45.2 Å². The molecule has 0 aliphatic carbocycles. The van der Waals surface area contributed by atoms with Crippen LogP contribution in [-0.4, -0.2) is 35.1 Å². The monoisotopic (exact) mass is 474 g/mol. The molecule has 0 heterocycles. The Balaban J connectivity index is 1.78. The zero-order valence-corrected chi connectivity index (χ0v) is 19.2. The van der Waals surface area contributed by atoms with Gasteiger partial charge in [-0.3, -0.25) is 4.79 Å². The van der Waals surface area contributed by atoms with Crippen molar-refractivity contribution in [3.8, 4) is 22.6 Å². The summed E-state index contributed by atoms with van der Waals surface area (Å²) >= 11 is 5.98. The summed E-state index contributed by atoms with van der Waals surface area (Å²) in [5.74, 6) is 0.729. The molecule has 9 heteroatoms. The summed E-state index contributed by atoms with van der Waals surface area (Å²) in [6.07, 6.45) is 0.403. The SMILES string of the molecule is COc1ccc(-c2ccc(CCNC(=O)c3cc(Cl)ccc3OC)cc2S(N)(=O)=O)cc1. The van der Waals surface area contributed by atoms with Crippen LogP contribution in [0.2, 0.25) is 5.02 Å². The normalized spacial score (nSPS) is 11.1. The van der Waals surface area contributed by atoms with E-state index in [1.165, 1.54) is 19.2 Å². The summed E-state index contributed by atoms with van der Waals surface area (Å²) in [7, 11) is -0.940. The fourth-order valence-corrected chi connectivity index (χ4v) is 4.22. The zero-order valence-electron chi connectivity index (χ0n) is 17.6. The van der Waals surface area contributed by atoms with Crippen LogP contribution in [0.1, 0.15) is 15.9 Å². The molecule has 32 heavy (non-hydrogen) atoms. The summed E-state index contributed by atoms with van der Waals surface area (Å²) in [5.41, 5.74) is 2.22. The molecule has 0 radical (unpaired) electrons. The maximum atomic E-state index is 12.5. The van der Waals surface area contributed by atoms with Gasteiger partial charge in [-0.25, -0.2) is 13.6 Å².